The number of nitro benzene ring substituents is 1. The monoisotopic (exact) mass is 458 g/mol. The van der Waals surface area contributed by atoms with E-state index in [2.05, 4.69) is 0 Å². The minimum Gasteiger partial charge on any atom is -0.465 e. The summed E-state index contributed by atoms with van der Waals surface area (Å²) in [7, 11) is 2.88. The Hall–Kier alpha value is -3.85. The topological polar surface area (TPSA) is 112 Å². The van der Waals surface area contributed by atoms with Crippen molar-refractivity contribution in [3.63, 3.8) is 0 Å². The highest BCUT2D eigenvalue weighted by Crippen LogP contribution is 2.33. The van der Waals surface area contributed by atoms with Crippen molar-refractivity contribution in [2.45, 2.75) is 13.5 Å². The molecule has 3 rings (SSSR count). The maximum absolute atomic E-state index is 12.7. The van der Waals surface area contributed by atoms with Crippen molar-refractivity contribution in [2.75, 3.05) is 14.2 Å². The van der Waals surface area contributed by atoms with E-state index < -0.39 is 10.9 Å². The maximum atomic E-state index is 12.7. The predicted octanol–water partition coefficient (Wildman–Crippen LogP) is 5.00. The second-order valence-electron chi connectivity index (χ2n) is 6.83. The van der Waals surface area contributed by atoms with Crippen LogP contribution in [0.3, 0.4) is 0 Å². The van der Waals surface area contributed by atoms with E-state index in [0.717, 1.165) is 0 Å². The van der Waals surface area contributed by atoms with E-state index in [0.29, 0.717) is 28.4 Å². The van der Waals surface area contributed by atoms with E-state index in [4.69, 9.17) is 25.5 Å². The van der Waals surface area contributed by atoms with Crippen LogP contribution in [-0.4, -0.2) is 35.9 Å². The molecule has 166 valence electrons. The molecule has 1 aromatic heterocycles. The van der Waals surface area contributed by atoms with E-state index in [1.54, 1.807) is 32.2 Å². The number of benzene rings is 2. The van der Waals surface area contributed by atoms with Gasteiger partial charge in [-0.2, -0.15) is 0 Å². The summed E-state index contributed by atoms with van der Waals surface area (Å²) in [4.78, 5) is 36.5. The lowest BCUT2D eigenvalue weighted by Crippen LogP contribution is -2.25. The van der Waals surface area contributed by atoms with Gasteiger partial charge in [0.05, 0.1) is 18.6 Å². The molecule has 0 aliphatic carbocycles. The smallest absolute Gasteiger partial charge is 0.341 e. The van der Waals surface area contributed by atoms with Gasteiger partial charge in [-0.25, -0.2) is 4.79 Å². The number of carbonyl (C=O) groups is 2. The van der Waals surface area contributed by atoms with Gasteiger partial charge in [-0.3, -0.25) is 14.9 Å². The largest absolute Gasteiger partial charge is 0.465 e. The number of hydrogen-bond donors (Lipinski definition) is 0. The lowest BCUT2D eigenvalue weighted by Gasteiger charge is -2.16. The van der Waals surface area contributed by atoms with Crippen LogP contribution >= 0.6 is 11.6 Å². The van der Waals surface area contributed by atoms with Gasteiger partial charge in [0, 0.05) is 23.7 Å². The van der Waals surface area contributed by atoms with Gasteiger partial charge in [0.25, 0.3) is 5.91 Å². The molecule has 3 aromatic rings. The van der Waals surface area contributed by atoms with Crippen LogP contribution in [0.15, 0.2) is 52.9 Å². The van der Waals surface area contributed by atoms with Crippen molar-refractivity contribution in [3.8, 4) is 11.5 Å². The molecule has 0 saturated carbocycles. The highest BCUT2D eigenvalue weighted by molar-refractivity contribution is 6.30. The number of amides is 1. The summed E-state index contributed by atoms with van der Waals surface area (Å²) in [6.07, 6.45) is 0. The van der Waals surface area contributed by atoms with Crippen LogP contribution in [0.25, 0.3) is 0 Å². The first kappa shape index (κ1) is 22.8. The van der Waals surface area contributed by atoms with Crippen LogP contribution in [0, 0.1) is 17.0 Å². The maximum Gasteiger partial charge on any atom is 0.341 e. The predicted molar refractivity (Wildman–Crippen MR) is 115 cm³/mol. The standard InChI is InChI=1S/C22H19ClN2O7/c1-13-18(22(27)30-3)11-17(31-13)12-24(2)21(26)14-4-7-16(8-5-14)32-20-9-6-15(23)10-19(20)25(28)29/h4-11H,12H2,1-3H3. The Labute approximate surface area is 188 Å². The number of ether oxygens (including phenoxy) is 2. The number of hydrogen-bond acceptors (Lipinski definition) is 7. The normalized spacial score (nSPS) is 10.5. The number of nitrogens with zero attached hydrogens (tertiary/aromatic N) is 2. The zero-order valence-electron chi connectivity index (χ0n) is 17.5. The molecular formula is C22H19ClN2O7. The van der Waals surface area contributed by atoms with E-state index in [-0.39, 0.29) is 28.9 Å². The molecule has 10 heteroatoms. The Kier molecular flexibility index (Phi) is 6.79. The molecule has 0 fully saturated rings. The zero-order valence-corrected chi connectivity index (χ0v) is 18.2. The summed E-state index contributed by atoms with van der Waals surface area (Å²) in [5, 5.41) is 11.4. The number of furan rings is 1. The number of rotatable bonds is 7. The minimum absolute atomic E-state index is 0.0326. The number of aryl methyl sites for hydroxylation is 1. The Balaban J connectivity index is 1.70. The SMILES string of the molecule is COC(=O)c1cc(CN(C)C(=O)c2ccc(Oc3ccc(Cl)cc3[N+](=O)[O-])cc2)oc1C. The Morgan fingerprint density at radius 1 is 1.16 bits per heavy atom. The number of carbonyl (C=O) groups excluding carboxylic acids is 2. The van der Waals surface area contributed by atoms with Crippen molar-refractivity contribution in [1.82, 2.24) is 4.90 Å². The van der Waals surface area contributed by atoms with Gasteiger partial charge in [-0.15, -0.1) is 0 Å². The zero-order chi connectivity index (χ0) is 23.4. The highest BCUT2D eigenvalue weighted by atomic mass is 35.5. The van der Waals surface area contributed by atoms with Crippen molar-refractivity contribution in [3.05, 3.63) is 86.3 Å². The molecule has 0 saturated heterocycles. The lowest BCUT2D eigenvalue weighted by atomic mass is 10.2. The van der Waals surface area contributed by atoms with Gasteiger partial charge in [0.2, 0.25) is 5.75 Å². The molecule has 32 heavy (non-hydrogen) atoms. The van der Waals surface area contributed by atoms with E-state index in [9.17, 15) is 19.7 Å². The molecule has 0 aliphatic heterocycles. The quantitative estimate of drug-likeness (QED) is 0.278. The Morgan fingerprint density at radius 3 is 2.47 bits per heavy atom. The molecule has 0 aliphatic rings. The molecular weight excluding hydrogens is 440 g/mol. The van der Waals surface area contributed by atoms with Crippen LogP contribution in [0.4, 0.5) is 5.69 Å². The summed E-state index contributed by atoms with van der Waals surface area (Å²) in [5.74, 6) is 0.397. The number of halogens is 1. The molecule has 0 spiro atoms. The van der Waals surface area contributed by atoms with E-state index in [1.165, 1.54) is 42.3 Å². The van der Waals surface area contributed by atoms with E-state index in [1.807, 2.05) is 0 Å². The number of nitro groups is 1. The third kappa shape index (κ3) is 5.06. The fourth-order valence-corrected chi connectivity index (χ4v) is 3.14. The molecule has 0 N–H and O–H groups in total. The van der Waals surface area contributed by atoms with Gasteiger partial charge >= 0.3 is 11.7 Å². The summed E-state index contributed by atoms with van der Waals surface area (Å²) in [5.41, 5.74) is 0.417. The van der Waals surface area contributed by atoms with Crippen LogP contribution in [0.1, 0.15) is 32.2 Å². The second kappa shape index (κ2) is 9.52. The summed E-state index contributed by atoms with van der Waals surface area (Å²) in [6.45, 7) is 1.78. The summed E-state index contributed by atoms with van der Waals surface area (Å²) >= 11 is 5.81. The minimum atomic E-state index is -0.587. The van der Waals surface area contributed by atoms with Gasteiger partial charge in [0.15, 0.2) is 0 Å². The Bertz CT molecular complexity index is 1170. The van der Waals surface area contributed by atoms with Crippen LogP contribution in [0.2, 0.25) is 5.02 Å². The fraction of sp³-hybridized carbons (Fsp3) is 0.182. The second-order valence-corrected chi connectivity index (χ2v) is 7.27. The van der Waals surface area contributed by atoms with Crippen LogP contribution in [0.5, 0.6) is 11.5 Å². The van der Waals surface area contributed by atoms with Crippen molar-refractivity contribution >= 4 is 29.2 Å². The van der Waals surface area contributed by atoms with E-state index >= 15 is 0 Å². The van der Waals surface area contributed by atoms with Gasteiger partial charge in [-0.1, -0.05) is 11.6 Å². The van der Waals surface area contributed by atoms with Gasteiger partial charge in [0.1, 0.15) is 22.8 Å². The summed E-state index contributed by atoms with van der Waals surface area (Å²) < 4.78 is 15.8. The molecule has 2 aromatic carbocycles. The van der Waals surface area contributed by atoms with Crippen LogP contribution in [-0.2, 0) is 11.3 Å². The highest BCUT2D eigenvalue weighted by Gasteiger charge is 2.20. The Morgan fingerprint density at radius 2 is 1.84 bits per heavy atom. The average Bonchev–Trinajstić information content (AvgIpc) is 3.14. The third-order valence-electron chi connectivity index (χ3n) is 4.56. The molecule has 9 nitrogen and oxygen atoms in total. The molecule has 0 radical (unpaired) electrons. The molecule has 0 unspecified atom stereocenters. The average molecular weight is 459 g/mol. The van der Waals surface area contributed by atoms with Gasteiger partial charge in [-0.05, 0) is 49.4 Å². The molecule has 1 heterocycles. The first-order chi connectivity index (χ1) is 15.2. The van der Waals surface area contributed by atoms with Gasteiger partial charge < -0.3 is 18.8 Å². The van der Waals surface area contributed by atoms with Crippen molar-refractivity contribution in [2.24, 2.45) is 0 Å². The molecule has 1 amide bonds. The van der Waals surface area contributed by atoms with Crippen molar-refractivity contribution < 1.29 is 28.4 Å². The fourth-order valence-electron chi connectivity index (χ4n) is 2.97. The number of esters is 1. The third-order valence-corrected chi connectivity index (χ3v) is 4.80. The molecule has 0 bridgehead atoms. The van der Waals surface area contributed by atoms with Crippen LogP contribution < -0.4 is 4.74 Å². The molecule has 0 atom stereocenters. The first-order valence-electron chi connectivity index (χ1n) is 9.34. The lowest BCUT2D eigenvalue weighted by molar-refractivity contribution is -0.385. The summed E-state index contributed by atoms with van der Waals surface area (Å²) in [6, 6.07) is 11.8. The number of methoxy groups -OCH3 is 1. The van der Waals surface area contributed by atoms with Crippen molar-refractivity contribution in [1.29, 1.82) is 0 Å². The first-order valence-corrected chi connectivity index (χ1v) is 9.72.